The van der Waals surface area contributed by atoms with Gasteiger partial charge in [-0.25, -0.2) is 0 Å². The predicted octanol–water partition coefficient (Wildman–Crippen LogP) is 7.82. The first-order chi connectivity index (χ1) is 9.81. The Morgan fingerprint density at radius 1 is 0.600 bits per heavy atom. The van der Waals surface area contributed by atoms with Gasteiger partial charge in [-0.3, -0.25) is 0 Å². The van der Waals surface area contributed by atoms with Gasteiger partial charge >= 0.3 is 0 Å². The highest BCUT2D eigenvalue weighted by Gasteiger charge is 1.94. The summed E-state index contributed by atoms with van der Waals surface area (Å²) in [6, 6.07) is 0. The van der Waals surface area contributed by atoms with Crippen LogP contribution in [0.4, 0.5) is 0 Å². The molecule has 120 valence electrons. The van der Waals surface area contributed by atoms with Gasteiger partial charge in [-0.15, -0.1) is 0 Å². The maximum Gasteiger partial charge on any atom is -0.0323 e. The van der Waals surface area contributed by atoms with Crippen LogP contribution < -0.4 is 0 Å². The van der Waals surface area contributed by atoms with Gasteiger partial charge in [-0.1, -0.05) is 96.1 Å². The molecular weight excluding hydrogens is 240 g/mol. The number of unbranched alkanes of at least 4 members (excludes halogenated alkanes) is 12. The van der Waals surface area contributed by atoms with E-state index in [0.29, 0.717) is 0 Å². The highest BCUT2D eigenvalue weighted by molar-refractivity contribution is 4.97. The second kappa shape index (κ2) is 16.8. The molecule has 0 aromatic rings. The highest BCUT2D eigenvalue weighted by Crippen LogP contribution is 2.14. The van der Waals surface area contributed by atoms with E-state index in [-0.39, 0.29) is 0 Å². The number of rotatable bonds is 15. The minimum absolute atomic E-state index is 1.31. The molecule has 0 aliphatic rings. The van der Waals surface area contributed by atoms with Crippen molar-refractivity contribution in [2.75, 3.05) is 0 Å². The van der Waals surface area contributed by atoms with Crippen molar-refractivity contribution in [3.8, 4) is 0 Å². The second-order valence-electron chi connectivity index (χ2n) is 6.48. The Kier molecular flexibility index (Phi) is 16.6. The largest absolute Gasteiger partial charge is 0.0856 e. The lowest BCUT2D eigenvalue weighted by atomic mass is 10.0. The maximum atomic E-state index is 2.50. The number of hydrogen-bond acceptors (Lipinski definition) is 0. The van der Waals surface area contributed by atoms with Crippen LogP contribution in [0.25, 0.3) is 0 Å². The van der Waals surface area contributed by atoms with Gasteiger partial charge in [0.15, 0.2) is 0 Å². The van der Waals surface area contributed by atoms with Crippen molar-refractivity contribution in [3.63, 3.8) is 0 Å². The molecule has 0 saturated carbocycles. The molecular formula is C20H40. The van der Waals surface area contributed by atoms with Gasteiger partial charge < -0.3 is 0 Å². The second-order valence-corrected chi connectivity index (χ2v) is 6.48. The molecule has 0 saturated heterocycles. The Balaban J connectivity index is 3.25. The fourth-order valence-electron chi connectivity index (χ4n) is 2.74. The molecule has 0 heteroatoms. The third-order valence-electron chi connectivity index (χ3n) is 4.23. The quantitative estimate of drug-likeness (QED) is 0.212. The molecule has 0 unspecified atom stereocenters. The van der Waals surface area contributed by atoms with Crippen molar-refractivity contribution >= 4 is 0 Å². The summed E-state index contributed by atoms with van der Waals surface area (Å²) in [5, 5.41) is 0. The zero-order valence-corrected chi connectivity index (χ0v) is 14.7. The van der Waals surface area contributed by atoms with Crippen molar-refractivity contribution in [2.45, 2.75) is 117 Å². The van der Waals surface area contributed by atoms with Crippen molar-refractivity contribution in [1.29, 1.82) is 0 Å². The Hall–Kier alpha value is -0.260. The highest BCUT2D eigenvalue weighted by atomic mass is 14.0. The van der Waals surface area contributed by atoms with E-state index < -0.39 is 0 Å². The molecule has 0 aromatic heterocycles. The van der Waals surface area contributed by atoms with Gasteiger partial charge in [-0.2, -0.15) is 0 Å². The lowest BCUT2D eigenvalue weighted by molar-refractivity contribution is 0.587. The van der Waals surface area contributed by atoms with Crippen molar-refractivity contribution in [2.24, 2.45) is 0 Å². The molecule has 0 heterocycles. The number of allylic oxidation sites excluding steroid dienone is 2. The van der Waals surface area contributed by atoms with Crippen molar-refractivity contribution in [1.82, 2.24) is 0 Å². The zero-order valence-electron chi connectivity index (χ0n) is 14.7. The standard InChI is InChI=1S/C20H40/c1-4-6-8-10-12-14-16-18-20(3)19-17-15-13-11-9-7-5-2/h18H,4-17,19H2,1-3H3. The first kappa shape index (κ1) is 19.7. The molecule has 0 atom stereocenters. The zero-order chi connectivity index (χ0) is 14.9. The minimum Gasteiger partial charge on any atom is -0.0856 e. The van der Waals surface area contributed by atoms with Gasteiger partial charge in [0.25, 0.3) is 0 Å². The fraction of sp³-hybridized carbons (Fsp3) is 0.900. The predicted molar refractivity (Wildman–Crippen MR) is 94.4 cm³/mol. The van der Waals surface area contributed by atoms with E-state index in [1.165, 1.54) is 96.3 Å². The molecule has 0 aromatic carbocycles. The smallest absolute Gasteiger partial charge is 0.0323 e. The van der Waals surface area contributed by atoms with E-state index >= 15 is 0 Å². The topological polar surface area (TPSA) is 0 Å². The average Bonchev–Trinajstić information content (AvgIpc) is 2.45. The summed E-state index contributed by atoms with van der Waals surface area (Å²) in [5.74, 6) is 0. The van der Waals surface area contributed by atoms with E-state index in [1.807, 2.05) is 0 Å². The normalized spacial score (nSPS) is 12.1. The van der Waals surface area contributed by atoms with E-state index in [9.17, 15) is 0 Å². The monoisotopic (exact) mass is 280 g/mol. The Morgan fingerprint density at radius 3 is 1.60 bits per heavy atom. The molecule has 0 radical (unpaired) electrons. The third kappa shape index (κ3) is 15.8. The van der Waals surface area contributed by atoms with E-state index in [0.717, 1.165) is 0 Å². The van der Waals surface area contributed by atoms with E-state index in [1.54, 1.807) is 5.57 Å². The molecule has 0 N–H and O–H groups in total. The van der Waals surface area contributed by atoms with Gasteiger partial charge in [0.2, 0.25) is 0 Å². The van der Waals surface area contributed by atoms with Gasteiger partial charge in [0, 0.05) is 0 Å². The average molecular weight is 281 g/mol. The maximum absolute atomic E-state index is 2.50. The molecule has 0 aliphatic heterocycles. The fourth-order valence-corrected chi connectivity index (χ4v) is 2.74. The first-order valence-corrected chi connectivity index (χ1v) is 9.46. The van der Waals surface area contributed by atoms with E-state index in [2.05, 4.69) is 26.8 Å². The van der Waals surface area contributed by atoms with Crippen LogP contribution in [0.5, 0.6) is 0 Å². The van der Waals surface area contributed by atoms with Crippen LogP contribution in [-0.4, -0.2) is 0 Å². The third-order valence-corrected chi connectivity index (χ3v) is 4.23. The molecule has 20 heavy (non-hydrogen) atoms. The molecule has 0 spiro atoms. The Labute approximate surface area is 129 Å². The summed E-state index contributed by atoms with van der Waals surface area (Å²) in [5.41, 5.74) is 1.63. The first-order valence-electron chi connectivity index (χ1n) is 9.46. The SMILES string of the molecule is CCCCCCCCC=C(C)CCCCCCCCC. The summed E-state index contributed by atoms with van der Waals surface area (Å²) >= 11 is 0. The van der Waals surface area contributed by atoms with Crippen LogP contribution in [0.15, 0.2) is 11.6 Å². The molecule has 0 nitrogen and oxygen atoms in total. The summed E-state index contributed by atoms with van der Waals surface area (Å²) in [4.78, 5) is 0. The van der Waals surface area contributed by atoms with Crippen LogP contribution in [0.3, 0.4) is 0 Å². The van der Waals surface area contributed by atoms with E-state index in [4.69, 9.17) is 0 Å². The summed E-state index contributed by atoms with van der Waals surface area (Å²) in [7, 11) is 0. The van der Waals surface area contributed by atoms with Crippen LogP contribution in [0, 0.1) is 0 Å². The van der Waals surface area contributed by atoms with Crippen LogP contribution in [0.2, 0.25) is 0 Å². The number of hydrogen-bond donors (Lipinski definition) is 0. The summed E-state index contributed by atoms with van der Waals surface area (Å²) < 4.78 is 0. The lowest BCUT2D eigenvalue weighted by Gasteiger charge is -2.03. The summed E-state index contributed by atoms with van der Waals surface area (Å²) in [6.07, 6.45) is 23.6. The van der Waals surface area contributed by atoms with Gasteiger partial charge in [-0.05, 0) is 32.6 Å². The Bertz CT molecular complexity index is 202. The van der Waals surface area contributed by atoms with Gasteiger partial charge in [0.05, 0.1) is 0 Å². The molecule has 0 amide bonds. The van der Waals surface area contributed by atoms with Crippen LogP contribution >= 0.6 is 0 Å². The van der Waals surface area contributed by atoms with Crippen molar-refractivity contribution in [3.05, 3.63) is 11.6 Å². The van der Waals surface area contributed by atoms with Crippen LogP contribution in [0.1, 0.15) is 117 Å². The molecule has 0 rings (SSSR count). The van der Waals surface area contributed by atoms with Gasteiger partial charge in [0.1, 0.15) is 0 Å². The van der Waals surface area contributed by atoms with Crippen molar-refractivity contribution < 1.29 is 0 Å². The lowest BCUT2D eigenvalue weighted by Crippen LogP contribution is -1.83. The molecule has 0 fully saturated rings. The Morgan fingerprint density at radius 2 is 1.05 bits per heavy atom. The molecule has 0 bridgehead atoms. The van der Waals surface area contributed by atoms with Crippen LogP contribution in [-0.2, 0) is 0 Å². The molecule has 0 aliphatic carbocycles. The minimum atomic E-state index is 1.31. The summed E-state index contributed by atoms with van der Waals surface area (Å²) in [6.45, 7) is 6.90.